The molecule has 2 heteroatoms. The minimum Gasteiger partial charge on any atom is -0.496 e. The minimum atomic E-state index is 0.152. The van der Waals surface area contributed by atoms with Crippen molar-refractivity contribution in [3.63, 3.8) is 0 Å². The molecule has 0 aliphatic heterocycles. The molecule has 0 saturated heterocycles. The Hall–Kier alpha value is -1.02. The molecule has 1 atom stereocenters. The minimum absolute atomic E-state index is 0.152. The molecular formula is C13H21NO. The average Bonchev–Trinajstić information content (AvgIpc) is 2.22. The van der Waals surface area contributed by atoms with Crippen LogP contribution in [-0.2, 0) is 0 Å². The summed E-state index contributed by atoms with van der Waals surface area (Å²) in [5, 5.41) is 0. The van der Waals surface area contributed by atoms with Crippen molar-refractivity contribution in [2.24, 2.45) is 5.73 Å². The number of methoxy groups -OCH3 is 1. The molecule has 0 aliphatic carbocycles. The van der Waals surface area contributed by atoms with E-state index in [1.807, 2.05) is 6.07 Å². The van der Waals surface area contributed by atoms with Gasteiger partial charge in [-0.1, -0.05) is 19.4 Å². The van der Waals surface area contributed by atoms with Gasteiger partial charge in [-0.3, -0.25) is 0 Å². The van der Waals surface area contributed by atoms with Crippen molar-refractivity contribution in [3.05, 3.63) is 28.8 Å². The van der Waals surface area contributed by atoms with Gasteiger partial charge in [0.15, 0.2) is 0 Å². The molecule has 2 nitrogen and oxygen atoms in total. The first-order chi connectivity index (χ1) is 7.11. The molecule has 1 rings (SSSR count). The highest BCUT2D eigenvalue weighted by Gasteiger charge is 2.11. The van der Waals surface area contributed by atoms with Gasteiger partial charge in [0.1, 0.15) is 5.75 Å². The van der Waals surface area contributed by atoms with Crippen LogP contribution in [0, 0.1) is 13.8 Å². The second-order valence-electron chi connectivity index (χ2n) is 4.00. The fraction of sp³-hybridized carbons (Fsp3) is 0.538. The van der Waals surface area contributed by atoms with Gasteiger partial charge >= 0.3 is 0 Å². The van der Waals surface area contributed by atoms with E-state index in [0.717, 1.165) is 18.6 Å². The molecule has 0 aromatic heterocycles. The topological polar surface area (TPSA) is 35.2 Å². The summed E-state index contributed by atoms with van der Waals surface area (Å²) >= 11 is 0. The summed E-state index contributed by atoms with van der Waals surface area (Å²) in [4.78, 5) is 0. The van der Waals surface area contributed by atoms with Crippen LogP contribution in [0.25, 0.3) is 0 Å². The zero-order chi connectivity index (χ0) is 11.4. The summed E-state index contributed by atoms with van der Waals surface area (Å²) in [6.07, 6.45) is 2.15. The molecule has 15 heavy (non-hydrogen) atoms. The Labute approximate surface area is 92.4 Å². The molecule has 0 spiro atoms. The van der Waals surface area contributed by atoms with Gasteiger partial charge < -0.3 is 10.5 Å². The van der Waals surface area contributed by atoms with E-state index in [2.05, 4.69) is 26.8 Å². The molecule has 0 bridgehead atoms. The van der Waals surface area contributed by atoms with Crippen molar-refractivity contribution in [1.82, 2.24) is 0 Å². The van der Waals surface area contributed by atoms with Crippen LogP contribution in [0.3, 0.4) is 0 Å². The lowest BCUT2D eigenvalue weighted by Gasteiger charge is -2.17. The Morgan fingerprint density at radius 2 is 1.93 bits per heavy atom. The second kappa shape index (κ2) is 5.17. The van der Waals surface area contributed by atoms with Crippen molar-refractivity contribution < 1.29 is 4.74 Å². The van der Waals surface area contributed by atoms with Crippen molar-refractivity contribution in [2.75, 3.05) is 7.11 Å². The summed E-state index contributed by atoms with van der Waals surface area (Å²) in [6.45, 7) is 6.35. The Morgan fingerprint density at radius 3 is 2.47 bits per heavy atom. The highest BCUT2D eigenvalue weighted by atomic mass is 16.5. The van der Waals surface area contributed by atoms with Gasteiger partial charge in [0.25, 0.3) is 0 Å². The van der Waals surface area contributed by atoms with E-state index in [1.54, 1.807) is 7.11 Å². The first kappa shape index (κ1) is 12.1. The van der Waals surface area contributed by atoms with E-state index >= 15 is 0 Å². The normalized spacial score (nSPS) is 12.6. The van der Waals surface area contributed by atoms with Crippen LogP contribution in [-0.4, -0.2) is 7.11 Å². The highest BCUT2D eigenvalue weighted by molar-refractivity contribution is 5.44. The molecule has 1 unspecified atom stereocenters. The maximum absolute atomic E-state index is 6.13. The van der Waals surface area contributed by atoms with E-state index in [1.165, 1.54) is 16.7 Å². The second-order valence-corrected chi connectivity index (χ2v) is 4.00. The van der Waals surface area contributed by atoms with Crippen LogP contribution in [0.2, 0.25) is 0 Å². The summed E-state index contributed by atoms with van der Waals surface area (Å²) < 4.78 is 5.28. The van der Waals surface area contributed by atoms with Gasteiger partial charge in [-0.15, -0.1) is 0 Å². The summed E-state index contributed by atoms with van der Waals surface area (Å²) in [7, 11) is 1.70. The number of nitrogens with two attached hydrogens (primary N) is 1. The Kier molecular flexibility index (Phi) is 4.15. The maximum atomic E-state index is 6.13. The highest BCUT2D eigenvalue weighted by Crippen LogP contribution is 2.28. The van der Waals surface area contributed by atoms with E-state index in [0.29, 0.717) is 0 Å². The first-order valence-electron chi connectivity index (χ1n) is 5.51. The van der Waals surface area contributed by atoms with Gasteiger partial charge in [0.05, 0.1) is 7.11 Å². The predicted octanol–water partition coefficient (Wildman–Crippen LogP) is 3.11. The Morgan fingerprint density at radius 1 is 1.27 bits per heavy atom. The molecule has 2 N–H and O–H groups in total. The zero-order valence-corrected chi connectivity index (χ0v) is 10.1. The van der Waals surface area contributed by atoms with Crippen molar-refractivity contribution in [2.45, 2.75) is 39.7 Å². The van der Waals surface area contributed by atoms with E-state index in [-0.39, 0.29) is 6.04 Å². The first-order valence-corrected chi connectivity index (χ1v) is 5.51. The van der Waals surface area contributed by atoms with Crippen LogP contribution in [0.4, 0.5) is 0 Å². The third-order valence-corrected chi connectivity index (χ3v) is 3.00. The number of hydrogen-bond donors (Lipinski definition) is 1. The van der Waals surface area contributed by atoms with Gasteiger partial charge in [0.2, 0.25) is 0 Å². The molecule has 84 valence electrons. The lowest BCUT2D eigenvalue weighted by atomic mass is 9.95. The lowest BCUT2D eigenvalue weighted by molar-refractivity contribution is 0.411. The van der Waals surface area contributed by atoms with E-state index in [4.69, 9.17) is 10.5 Å². The van der Waals surface area contributed by atoms with Gasteiger partial charge in [-0.05, 0) is 43.0 Å². The number of rotatable bonds is 4. The van der Waals surface area contributed by atoms with Crippen LogP contribution < -0.4 is 10.5 Å². The Balaban J connectivity index is 3.06. The smallest absolute Gasteiger partial charge is 0.122 e. The Bertz CT molecular complexity index is 334. The molecule has 0 fully saturated rings. The van der Waals surface area contributed by atoms with Crippen molar-refractivity contribution in [1.29, 1.82) is 0 Å². The van der Waals surface area contributed by atoms with Crippen LogP contribution in [0.15, 0.2) is 12.1 Å². The van der Waals surface area contributed by atoms with E-state index in [9.17, 15) is 0 Å². The maximum Gasteiger partial charge on any atom is 0.122 e. The molecule has 0 radical (unpaired) electrons. The summed E-state index contributed by atoms with van der Waals surface area (Å²) in [5.74, 6) is 0.944. The number of benzene rings is 1. The average molecular weight is 207 g/mol. The molecule has 0 amide bonds. The number of hydrogen-bond acceptors (Lipinski definition) is 2. The predicted molar refractivity (Wildman–Crippen MR) is 64.3 cm³/mol. The van der Waals surface area contributed by atoms with Gasteiger partial charge in [0, 0.05) is 6.04 Å². The molecule has 1 aromatic rings. The standard InChI is InChI=1S/C13H21NO/c1-5-6-12(14)11-7-8-13(15-4)10(3)9(11)2/h7-8,12H,5-6,14H2,1-4H3. The van der Waals surface area contributed by atoms with Crippen molar-refractivity contribution >= 4 is 0 Å². The number of ether oxygens (including phenoxy) is 1. The molecule has 0 aliphatic rings. The monoisotopic (exact) mass is 207 g/mol. The van der Waals surface area contributed by atoms with Crippen molar-refractivity contribution in [3.8, 4) is 5.75 Å². The van der Waals surface area contributed by atoms with Crippen LogP contribution >= 0.6 is 0 Å². The third kappa shape index (κ3) is 2.51. The van der Waals surface area contributed by atoms with Gasteiger partial charge in [-0.2, -0.15) is 0 Å². The van der Waals surface area contributed by atoms with E-state index < -0.39 is 0 Å². The molecule has 1 aromatic carbocycles. The zero-order valence-electron chi connectivity index (χ0n) is 10.1. The SMILES string of the molecule is CCCC(N)c1ccc(OC)c(C)c1C. The van der Waals surface area contributed by atoms with Crippen LogP contribution in [0.1, 0.15) is 42.5 Å². The molecular weight excluding hydrogens is 186 g/mol. The largest absolute Gasteiger partial charge is 0.496 e. The summed E-state index contributed by atoms with van der Waals surface area (Å²) in [5.41, 5.74) is 9.83. The fourth-order valence-corrected chi connectivity index (χ4v) is 1.91. The summed E-state index contributed by atoms with van der Waals surface area (Å²) in [6, 6.07) is 4.24. The van der Waals surface area contributed by atoms with Gasteiger partial charge in [-0.25, -0.2) is 0 Å². The fourth-order valence-electron chi connectivity index (χ4n) is 1.91. The molecule has 0 heterocycles. The third-order valence-electron chi connectivity index (χ3n) is 3.00. The van der Waals surface area contributed by atoms with Crippen LogP contribution in [0.5, 0.6) is 5.75 Å². The molecule has 0 saturated carbocycles. The lowest BCUT2D eigenvalue weighted by Crippen LogP contribution is -2.12. The quantitative estimate of drug-likeness (QED) is 0.823.